The van der Waals surface area contributed by atoms with Gasteiger partial charge in [0.15, 0.2) is 0 Å². The van der Waals surface area contributed by atoms with Crippen LogP contribution in [0.15, 0.2) is 24.3 Å². The Morgan fingerprint density at radius 2 is 1.90 bits per heavy atom. The lowest BCUT2D eigenvalue weighted by Crippen LogP contribution is -2.36. The molecule has 112 valence electrons. The average Bonchev–Trinajstić information content (AvgIpc) is 2.48. The van der Waals surface area contributed by atoms with Crippen molar-refractivity contribution in [3.8, 4) is 5.75 Å². The van der Waals surface area contributed by atoms with E-state index in [2.05, 4.69) is 43.0 Å². The Bertz CT molecular complexity index is 386. The number of hydrogen-bond acceptors (Lipinski definition) is 3. The summed E-state index contributed by atoms with van der Waals surface area (Å²) in [5.41, 5.74) is 1.31. The van der Waals surface area contributed by atoms with Crippen molar-refractivity contribution in [1.29, 1.82) is 0 Å². The Kier molecular flexibility index (Phi) is 6.34. The van der Waals surface area contributed by atoms with Gasteiger partial charge in [0.05, 0.1) is 19.8 Å². The van der Waals surface area contributed by atoms with Crippen molar-refractivity contribution in [2.24, 2.45) is 0 Å². The summed E-state index contributed by atoms with van der Waals surface area (Å²) in [7, 11) is 0. The monoisotopic (exact) mass is 277 g/mol. The number of morpholine rings is 1. The zero-order valence-electron chi connectivity index (χ0n) is 12.8. The minimum atomic E-state index is 0.513. The lowest BCUT2D eigenvalue weighted by Gasteiger charge is -2.26. The van der Waals surface area contributed by atoms with E-state index in [-0.39, 0.29) is 0 Å². The molecule has 0 amide bonds. The first-order valence-corrected chi connectivity index (χ1v) is 7.79. The summed E-state index contributed by atoms with van der Waals surface area (Å²) in [5, 5.41) is 0. The van der Waals surface area contributed by atoms with E-state index in [0.29, 0.717) is 5.92 Å². The number of unbranched alkanes of at least 4 members (excludes halogenated alkanes) is 1. The standard InChI is InChI=1S/C17H27NO2/c1-15(2)16-7-3-4-8-17(16)20-12-6-5-9-18-10-13-19-14-11-18/h3-4,7-8,15H,5-6,9-14H2,1-2H3. The number of nitrogens with zero attached hydrogens (tertiary/aromatic N) is 1. The molecule has 1 aliphatic heterocycles. The van der Waals surface area contributed by atoms with Gasteiger partial charge in [-0.05, 0) is 36.9 Å². The Morgan fingerprint density at radius 3 is 2.65 bits per heavy atom. The van der Waals surface area contributed by atoms with E-state index in [1.807, 2.05) is 0 Å². The van der Waals surface area contributed by atoms with Crippen LogP contribution < -0.4 is 4.74 Å². The molecule has 0 aromatic heterocycles. The van der Waals surface area contributed by atoms with Gasteiger partial charge in [0.25, 0.3) is 0 Å². The maximum Gasteiger partial charge on any atom is 0.122 e. The summed E-state index contributed by atoms with van der Waals surface area (Å²) in [4.78, 5) is 2.48. The van der Waals surface area contributed by atoms with Gasteiger partial charge in [-0.25, -0.2) is 0 Å². The Hall–Kier alpha value is -1.06. The zero-order chi connectivity index (χ0) is 14.2. The number of hydrogen-bond donors (Lipinski definition) is 0. The predicted octanol–water partition coefficient (Wildman–Crippen LogP) is 3.30. The summed E-state index contributed by atoms with van der Waals surface area (Å²) in [5.74, 6) is 1.56. The van der Waals surface area contributed by atoms with Crippen LogP contribution in [0, 0.1) is 0 Å². The van der Waals surface area contributed by atoms with E-state index in [1.165, 1.54) is 18.5 Å². The third kappa shape index (κ3) is 4.80. The first-order valence-electron chi connectivity index (χ1n) is 7.79. The lowest BCUT2D eigenvalue weighted by atomic mass is 10.0. The first-order chi connectivity index (χ1) is 9.77. The molecular formula is C17H27NO2. The van der Waals surface area contributed by atoms with Gasteiger partial charge >= 0.3 is 0 Å². The highest BCUT2D eigenvalue weighted by Gasteiger charge is 2.09. The van der Waals surface area contributed by atoms with Crippen molar-refractivity contribution in [2.45, 2.75) is 32.6 Å². The van der Waals surface area contributed by atoms with Gasteiger partial charge in [-0.2, -0.15) is 0 Å². The molecule has 0 aliphatic carbocycles. The van der Waals surface area contributed by atoms with Crippen LogP contribution in [-0.2, 0) is 4.74 Å². The number of para-hydroxylation sites is 1. The second-order valence-electron chi connectivity index (χ2n) is 5.70. The Labute approximate surface area is 122 Å². The topological polar surface area (TPSA) is 21.7 Å². The number of ether oxygens (including phenoxy) is 2. The summed E-state index contributed by atoms with van der Waals surface area (Å²) in [6, 6.07) is 8.38. The molecule has 1 aromatic rings. The zero-order valence-corrected chi connectivity index (χ0v) is 12.8. The van der Waals surface area contributed by atoms with Crippen LogP contribution >= 0.6 is 0 Å². The number of benzene rings is 1. The highest BCUT2D eigenvalue weighted by Crippen LogP contribution is 2.25. The Morgan fingerprint density at radius 1 is 1.15 bits per heavy atom. The highest BCUT2D eigenvalue weighted by molar-refractivity contribution is 5.35. The van der Waals surface area contributed by atoms with Gasteiger partial charge in [-0.15, -0.1) is 0 Å². The quantitative estimate of drug-likeness (QED) is 0.714. The summed E-state index contributed by atoms with van der Waals surface area (Å²) < 4.78 is 11.3. The largest absolute Gasteiger partial charge is 0.493 e. The third-order valence-corrected chi connectivity index (χ3v) is 3.77. The number of rotatable bonds is 7. The predicted molar refractivity (Wildman–Crippen MR) is 82.5 cm³/mol. The van der Waals surface area contributed by atoms with Crippen molar-refractivity contribution in [2.75, 3.05) is 39.5 Å². The van der Waals surface area contributed by atoms with Crippen LogP contribution in [0.3, 0.4) is 0 Å². The van der Waals surface area contributed by atoms with Gasteiger partial charge in [-0.1, -0.05) is 32.0 Å². The maximum atomic E-state index is 5.94. The van der Waals surface area contributed by atoms with Crippen LogP contribution in [0.25, 0.3) is 0 Å². The van der Waals surface area contributed by atoms with Crippen molar-refractivity contribution >= 4 is 0 Å². The molecule has 0 unspecified atom stereocenters. The smallest absolute Gasteiger partial charge is 0.122 e. The van der Waals surface area contributed by atoms with Crippen molar-refractivity contribution in [3.05, 3.63) is 29.8 Å². The second kappa shape index (κ2) is 8.28. The molecule has 0 saturated carbocycles. The SMILES string of the molecule is CC(C)c1ccccc1OCCCCN1CCOCC1. The van der Waals surface area contributed by atoms with E-state index in [4.69, 9.17) is 9.47 Å². The van der Waals surface area contributed by atoms with Crippen LogP contribution in [0.1, 0.15) is 38.2 Å². The molecule has 1 saturated heterocycles. The molecule has 2 rings (SSSR count). The highest BCUT2D eigenvalue weighted by atomic mass is 16.5. The van der Waals surface area contributed by atoms with Crippen molar-refractivity contribution in [3.63, 3.8) is 0 Å². The fourth-order valence-electron chi connectivity index (χ4n) is 2.53. The molecule has 1 aromatic carbocycles. The fraction of sp³-hybridized carbons (Fsp3) is 0.647. The minimum absolute atomic E-state index is 0.513. The van der Waals surface area contributed by atoms with E-state index in [1.54, 1.807) is 0 Å². The van der Waals surface area contributed by atoms with E-state index in [9.17, 15) is 0 Å². The summed E-state index contributed by atoms with van der Waals surface area (Å²) in [6.07, 6.45) is 2.31. The van der Waals surface area contributed by atoms with Gasteiger partial charge in [0.1, 0.15) is 5.75 Å². The normalized spacial score (nSPS) is 16.6. The summed E-state index contributed by atoms with van der Waals surface area (Å²) in [6.45, 7) is 10.3. The fourth-order valence-corrected chi connectivity index (χ4v) is 2.53. The van der Waals surface area contributed by atoms with Crippen LogP contribution in [-0.4, -0.2) is 44.4 Å². The molecule has 0 radical (unpaired) electrons. The van der Waals surface area contributed by atoms with Crippen LogP contribution in [0.2, 0.25) is 0 Å². The molecule has 1 fully saturated rings. The van der Waals surface area contributed by atoms with Gasteiger partial charge in [0.2, 0.25) is 0 Å². The Balaban J connectivity index is 1.65. The molecule has 0 spiro atoms. The van der Waals surface area contributed by atoms with Gasteiger partial charge in [0, 0.05) is 13.1 Å². The molecule has 0 atom stereocenters. The minimum Gasteiger partial charge on any atom is -0.493 e. The second-order valence-corrected chi connectivity index (χ2v) is 5.70. The summed E-state index contributed by atoms with van der Waals surface area (Å²) >= 11 is 0. The van der Waals surface area contributed by atoms with E-state index >= 15 is 0 Å². The van der Waals surface area contributed by atoms with Gasteiger partial charge in [-0.3, -0.25) is 4.90 Å². The van der Waals surface area contributed by atoms with Gasteiger partial charge < -0.3 is 9.47 Å². The van der Waals surface area contributed by atoms with Crippen molar-refractivity contribution < 1.29 is 9.47 Å². The molecule has 1 heterocycles. The molecule has 3 nitrogen and oxygen atoms in total. The maximum absolute atomic E-state index is 5.94. The van der Waals surface area contributed by atoms with Crippen LogP contribution in [0.5, 0.6) is 5.75 Å². The average molecular weight is 277 g/mol. The van der Waals surface area contributed by atoms with Crippen LogP contribution in [0.4, 0.5) is 0 Å². The van der Waals surface area contributed by atoms with Crippen molar-refractivity contribution in [1.82, 2.24) is 4.90 Å². The molecular weight excluding hydrogens is 250 g/mol. The molecule has 0 bridgehead atoms. The third-order valence-electron chi connectivity index (χ3n) is 3.77. The molecule has 20 heavy (non-hydrogen) atoms. The first kappa shape index (κ1) is 15.3. The molecule has 3 heteroatoms. The molecule has 0 N–H and O–H groups in total. The van der Waals surface area contributed by atoms with E-state index < -0.39 is 0 Å². The lowest BCUT2D eigenvalue weighted by molar-refractivity contribution is 0.0368. The van der Waals surface area contributed by atoms with E-state index in [0.717, 1.165) is 45.1 Å². The molecule has 1 aliphatic rings.